The lowest BCUT2D eigenvalue weighted by Crippen LogP contribution is -2.26. The lowest BCUT2D eigenvalue weighted by Gasteiger charge is -2.13. The first-order valence-electron chi connectivity index (χ1n) is 9.41. The maximum absolute atomic E-state index is 13.0. The number of amides is 1. The topological polar surface area (TPSA) is 93.7 Å². The van der Waals surface area contributed by atoms with Crippen LogP contribution >= 0.6 is 0 Å². The molecule has 0 fully saturated rings. The summed E-state index contributed by atoms with van der Waals surface area (Å²) in [4.78, 5) is 12.6. The van der Waals surface area contributed by atoms with Crippen molar-refractivity contribution in [3.05, 3.63) is 66.2 Å². The zero-order valence-electron chi connectivity index (χ0n) is 16.8. The highest BCUT2D eigenvalue weighted by Gasteiger charge is 2.19. The second-order valence-corrected chi connectivity index (χ2v) is 8.31. The van der Waals surface area contributed by atoms with E-state index in [-0.39, 0.29) is 22.1 Å². The number of nitrogens with one attached hydrogen (secondary N) is 2. The van der Waals surface area contributed by atoms with Crippen LogP contribution in [0.1, 0.15) is 16.8 Å². The minimum atomic E-state index is -3.89. The molecule has 3 rings (SSSR count). The first-order valence-corrected chi connectivity index (χ1v) is 10.9. The van der Waals surface area contributed by atoms with E-state index in [9.17, 15) is 13.2 Å². The SMILES string of the molecule is COCCCNC(=O)c1ccccc1NS(=O)(=O)c1ccc2cc(OC)ccc2c1. The fourth-order valence-electron chi connectivity index (χ4n) is 2.98. The molecule has 0 saturated carbocycles. The molecule has 0 unspecified atom stereocenters. The van der Waals surface area contributed by atoms with Crippen LogP contribution in [0.5, 0.6) is 5.75 Å². The van der Waals surface area contributed by atoms with Gasteiger partial charge in [-0.2, -0.15) is 0 Å². The Balaban J connectivity index is 1.83. The predicted octanol–water partition coefficient (Wildman–Crippen LogP) is 3.42. The molecule has 158 valence electrons. The molecule has 30 heavy (non-hydrogen) atoms. The first-order chi connectivity index (χ1) is 14.4. The predicted molar refractivity (Wildman–Crippen MR) is 117 cm³/mol. The molecule has 0 bridgehead atoms. The van der Waals surface area contributed by atoms with E-state index in [4.69, 9.17) is 9.47 Å². The highest BCUT2D eigenvalue weighted by molar-refractivity contribution is 7.92. The molecule has 2 N–H and O–H groups in total. The summed E-state index contributed by atoms with van der Waals surface area (Å²) in [5.74, 6) is 0.344. The van der Waals surface area contributed by atoms with Crippen molar-refractivity contribution in [3.8, 4) is 5.75 Å². The third-order valence-electron chi connectivity index (χ3n) is 4.56. The Bertz CT molecular complexity index is 1150. The Morgan fingerprint density at radius 2 is 1.70 bits per heavy atom. The van der Waals surface area contributed by atoms with Gasteiger partial charge in [0.2, 0.25) is 0 Å². The van der Waals surface area contributed by atoms with Crippen molar-refractivity contribution >= 4 is 32.4 Å². The number of benzene rings is 3. The van der Waals surface area contributed by atoms with Crippen molar-refractivity contribution in [1.82, 2.24) is 5.32 Å². The Labute approximate surface area is 176 Å². The van der Waals surface area contributed by atoms with Gasteiger partial charge in [0.05, 0.1) is 23.3 Å². The van der Waals surface area contributed by atoms with E-state index in [2.05, 4.69) is 10.0 Å². The van der Waals surface area contributed by atoms with Gasteiger partial charge in [0.25, 0.3) is 15.9 Å². The summed E-state index contributed by atoms with van der Waals surface area (Å²) in [5, 5.41) is 4.40. The van der Waals surface area contributed by atoms with Crippen LogP contribution in [0.4, 0.5) is 5.69 Å². The van der Waals surface area contributed by atoms with Gasteiger partial charge in [-0.15, -0.1) is 0 Å². The number of para-hydroxylation sites is 1. The molecule has 0 atom stereocenters. The largest absolute Gasteiger partial charge is 0.497 e. The third kappa shape index (κ3) is 5.08. The Morgan fingerprint density at radius 3 is 2.47 bits per heavy atom. The monoisotopic (exact) mass is 428 g/mol. The summed E-state index contributed by atoms with van der Waals surface area (Å²) in [6.45, 7) is 0.963. The van der Waals surface area contributed by atoms with Crippen LogP contribution in [0.15, 0.2) is 65.6 Å². The second-order valence-electron chi connectivity index (χ2n) is 6.63. The smallest absolute Gasteiger partial charge is 0.261 e. The van der Waals surface area contributed by atoms with Gasteiger partial charge in [-0.3, -0.25) is 9.52 Å². The number of anilines is 1. The molecule has 0 aromatic heterocycles. The minimum absolute atomic E-state index is 0.107. The third-order valence-corrected chi connectivity index (χ3v) is 5.92. The van der Waals surface area contributed by atoms with E-state index in [1.807, 2.05) is 6.07 Å². The fourth-order valence-corrected chi connectivity index (χ4v) is 4.10. The summed E-state index contributed by atoms with van der Waals surface area (Å²) in [6.07, 6.45) is 0.665. The van der Waals surface area contributed by atoms with Gasteiger partial charge in [0, 0.05) is 20.3 Å². The molecule has 3 aromatic rings. The number of rotatable bonds is 9. The van der Waals surface area contributed by atoms with Crippen LogP contribution in [0, 0.1) is 0 Å². The van der Waals surface area contributed by atoms with Gasteiger partial charge >= 0.3 is 0 Å². The standard InChI is InChI=1S/C22H24N2O5S/c1-28-13-5-12-23-22(25)20-6-3-4-7-21(20)24-30(26,27)19-11-9-16-14-18(29-2)10-8-17(16)15-19/h3-4,6-11,14-15,24H,5,12-13H2,1-2H3,(H,23,25). The van der Waals surface area contributed by atoms with Crippen molar-refractivity contribution in [2.45, 2.75) is 11.3 Å². The number of methoxy groups -OCH3 is 2. The average Bonchev–Trinajstić information content (AvgIpc) is 2.76. The second kappa shape index (κ2) is 9.60. The summed E-state index contributed by atoms with van der Waals surface area (Å²) in [5.41, 5.74) is 0.473. The molecule has 7 nitrogen and oxygen atoms in total. The van der Waals surface area contributed by atoms with E-state index >= 15 is 0 Å². The average molecular weight is 429 g/mol. The molecule has 0 radical (unpaired) electrons. The molecule has 0 aliphatic rings. The molecule has 0 heterocycles. The maximum Gasteiger partial charge on any atom is 0.261 e. The highest BCUT2D eigenvalue weighted by atomic mass is 32.2. The first kappa shape index (κ1) is 21.6. The van der Waals surface area contributed by atoms with Crippen LogP contribution in [-0.4, -0.2) is 41.7 Å². The zero-order chi connectivity index (χ0) is 21.6. The fraction of sp³-hybridized carbons (Fsp3) is 0.227. The molecule has 1 amide bonds. The van der Waals surface area contributed by atoms with Gasteiger partial charge in [-0.25, -0.2) is 8.42 Å². The summed E-state index contributed by atoms with van der Waals surface area (Å²) in [6, 6.07) is 16.7. The quantitative estimate of drug-likeness (QED) is 0.510. The van der Waals surface area contributed by atoms with E-state index in [0.29, 0.717) is 25.3 Å². The van der Waals surface area contributed by atoms with E-state index in [0.717, 1.165) is 10.8 Å². The van der Waals surface area contributed by atoms with Crippen LogP contribution in [-0.2, 0) is 14.8 Å². The lowest BCUT2D eigenvalue weighted by atomic mass is 10.1. The summed E-state index contributed by atoms with van der Waals surface area (Å²) < 4.78 is 38.6. The summed E-state index contributed by atoms with van der Waals surface area (Å²) >= 11 is 0. The molecular weight excluding hydrogens is 404 g/mol. The van der Waals surface area contributed by atoms with E-state index in [1.165, 1.54) is 6.07 Å². The van der Waals surface area contributed by atoms with Crippen molar-refractivity contribution in [1.29, 1.82) is 0 Å². The number of carbonyl (C=O) groups is 1. The Hall–Kier alpha value is -3.10. The zero-order valence-corrected chi connectivity index (χ0v) is 17.7. The molecule has 3 aromatic carbocycles. The number of ether oxygens (including phenoxy) is 2. The summed E-state index contributed by atoms with van der Waals surface area (Å²) in [7, 11) is -0.716. The van der Waals surface area contributed by atoms with Crippen molar-refractivity contribution < 1.29 is 22.7 Å². The van der Waals surface area contributed by atoms with E-state index < -0.39 is 10.0 Å². The number of carbonyl (C=O) groups excluding carboxylic acids is 1. The number of hydrogen-bond donors (Lipinski definition) is 2. The Morgan fingerprint density at radius 1 is 0.967 bits per heavy atom. The highest BCUT2D eigenvalue weighted by Crippen LogP contribution is 2.25. The van der Waals surface area contributed by atoms with Crippen molar-refractivity contribution in [2.75, 3.05) is 32.1 Å². The van der Waals surface area contributed by atoms with Crippen molar-refractivity contribution in [2.24, 2.45) is 0 Å². The molecule has 0 aliphatic carbocycles. The van der Waals surface area contributed by atoms with Crippen molar-refractivity contribution in [3.63, 3.8) is 0 Å². The number of sulfonamides is 1. The van der Waals surface area contributed by atoms with Crippen LogP contribution in [0.2, 0.25) is 0 Å². The molecule has 0 spiro atoms. The molecule has 8 heteroatoms. The number of fused-ring (bicyclic) bond motifs is 1. The lowest BCUT2D eigenvalue weighted by molar-refractivity contribution is 0.0949. The van der Waals surface area contributed by atoms with Gasteiger partial charge < -0.3 is 14.8 Å². The van der Waals surface area contributed by atoms with Crippen LogP contribution in [0.3, 0.4) is 0 Å². The van der Waals surface area contributed by atoms with E-state index in [1.54, 1.807) is 62.8 Å². The molecule has 0 saturated heterocycles. The van der Waals surface area contributed by atoms with Gasteiger partial charge in [-0.1, -0.05) is 24.3 Å². The molecule has 0 aliphatic heterocycles. The van der Waals surface area contributed by atoms with Gasteiger partial charge in [0.15, 0.2) is 0 Å². The number of hydrogen-bond acceptors (Lipinski definition) is 5. The molecular formula is C22H24N2O5S. The van der Waals surface area contributed by atoms with Gasteiger partial charge in [0.1, 0.15) is 5.75 Å². The Kier molecular flexibility index (Phi) is 6.91. The normalized spacial score (nSPS) is 11.3. The van der Waals surface area contributed by atoms with Gasteiger partial charge in [-0.05, 0) is 53.6 Å². The minimum Gasteiger partial charge on any atom is -0.497 e. The van der Waals surface area contributed by atoms with Crippen LogP contribution in [0.25, 0.3) is 10.8 Å². The van der Waals surface area contributed by atoms with Crippen LogP contribution < -0.4 is 14.8 Å². The maximum atomic E-state index is 13.0.